The van der Waals surface area contributed by atoms with Crippen LogP contribution in [0.3, 0.4) is 0 Å². The first-order valence-electron chi connectivity index (χ1n) is 6.73. The zero-order valence-electron chi connectivity index (χ0n) is 12.1. The van der Waals surface area contributed by atoms with Crippen LogP contribution in [0.1, 0.15) is 15.9 Å². The number of rotatable bonds is 4. The fraction of sp³-hybridized carbons (Fsp3) is 0.188. The lowest BCUT2D eigenvalue weighted by molar-refractivity contribution is -0.263. The third kappa shape index (κ3) is 3.38. The number of aliphatic hydroxyl groups is 1. The Balaban J connectivity index is 2.28. The third-order valence-electron chi connectivity index (χ3n) is 3.41. The van der Waals surface area contributed by atoms with Gasteiger partial charge in [0.15, 0.2) is 0 Å². The summed E-state index contributed by atoms with van der Waals surface area (Å²) in [6.07, 6.45) is -5.12. The molecule has 2 rings (SSSR count). The summed E-state index contributed by atoms with van der Waals surface area (Å²) in [6, 6.07) is 8.68. The van der Waals surface area contributed by atoms with Crippen LogP contribution in [0.4, 0.5) is 22.0 Å². The van der Waals surface area contributed by atoms with Crippen molar-refractivity contribution in [2.75, 3.05) is 6.54 Å². The number of halogens is 5. The van der Waals surface area contributed by atoms with Crippen molar-refractivity contribution in [2.45, 2.75) is 11.8 Å². The van der Waals surface area contributed by atoms with Crippen molar-refractivity contribution in [1.82, 2.24) is 5.32 Å². The summed E-state index contributed by atoms with van der Waals surface area (Å²) >= 11 is 0. The van der Waals surface area contributed by atoms with Gasteiger partial charge in [-0.15, -0.1) is 0 Å². The maximum Gasteiger partial charge on any atom is 0.423 e. The monoisotopic (exact) mass is 345 g/mol. The second kappa shape index (κ2) is 6.56. The number of carbonyl (C=O) groups is 1. The third-order valence-corrected chi connectivity index (χ3v) is 3.41. The summed E-state index contributed by atoms with van der Waals surface area (Å²) in [7, 11) is 0. The highest BCUT2D eigenvalue weighted by Gasteiger charge is 2.55. The zero-order chi connectivity index (χ0) is 18.0. The van der Waals surface area contributed by atoms with Crippen LogP contribution in [-0.4, -0.2) is 23.7 Å². The van der Waals surface area contributed by atoms with Gasteiger partial charge in [-0.25, -0.2) is 8.78 Å². The van der Waals surface area contributed by atoms with Gasteiger partial charge in [-0.3, -0.25) is 4.79 Å². The Morgan fingerprint density at radius 2 is 1.50 bits per heavy atom. The number of benzene rings is 2. The maximum atomic E-state index is 13.5. The predicted octanol–water partition coefficient (Wildman–Crippen LogP) is 3.14. The van der Waals surface area contributed by atoms with Gasteiger partial charge in [-0.2, -0.15) is 13.2 Å². The zero-order valence-corrected chi connectivity index (χ0v) is 12.1. The molecule has 8 heteroatoms. The van der Waals surface area contributed by atoms with Gasteiger partial charge in [0.1, 0.15) is 17.2 Å². The van der Waals surface area contributed by atoms with E-state index in [2.05, 4.69) is 0 Å². The molecule has 1 amide bonds. The fourth-order valence-electron chi connectivity index (χ4n) is 2.09. The van der Waals surface area contributed by atoms with Crippen molar-refractivity contribution in [3.8, 4) is 0 Å². The highest BCUT2D eigenvalue weighted by molar-refractivity contribution is 5.94. The van der Waals surface area contributed by atoms with Gasteiger partial charge in [0.2, 0.25) is 5.60 Å². The summed E-state index contributed by atoms with van der Waals surface area (Å²) in [6.45, 7) is -1.30. The molecule has 0 aliphatic rings. The molecule has 128 valence electrons. The van der Waals surface area contributed by atoms with E-state index in [1.54, 1.807) is 5.32 Å². The Kier molecular flexibility index (Phi) is 4.88. The molecule has 0 unspecified atom stereocenters. The topological polar surface area (TPSA) is 49.3 Å². The number of carbonyl (C=O) groups excluding carboxylic acids is 1. The van der Waals surface area contributed by atoms with E-state index in [-0.39, 0.29) is 0 Å². The molecule has 0 aliphatic heterocycles. The molecular weight excluding hydrogens is 333 g/mol. The van der Waals surface area contributed by atoms with E-state index in [4.69, 9.17) is 0 Å². The lowest BCUT2D eigenvalue weighted by Gasteiger charge is -2.31. The normalized spacial score (nSPS) is 14.1. The lowest BCUT2D eigenvalue weighted by atomic mass is 9.93. The average molecular weight is 345 g/mol. The van der Waals surface area contributed by atoms with E-state index in [1.807, 2.05) is 0 Å². The van der Waals surface area contributed by atoms with Crippen LogP contribution in [0.15, 0.2) is 48.5 Å². The molecule has 2 N–H and O–H groups in total. The summed E-state index contributed by atoms with van der Waals surface area (Å²) in [5.41, 5.74) is -4.92. The van der Waals surface area contributed by atoms with Crippen molar-refractivity contribution in [3.05, 3.63) is 71.3 Å². The van der Waals surface area contributed by atoms with E-state index >= 15 is 0 Å². The van der Waals surface area contributed by atoms with Gasteiger partial charge >= 0.3 is 6.18 Å². The van der Waals surface area contributed by atoms with Gasteiger partial charge in [-0.05, 0) is 17.7 Å². The standard InChI is InChI=1S/C16H12F5NO2/c17-11-7-4-8-12(18)13(11)14(23)22-9-15(24,16(19,20)21)10-5-2-1-3-6-10/h1-8,24H,9H2,(H,22,23)/t15-/m0/s1. The molecule has 0 fully saturated rings. The van der Waals surface area contributed by atoms with E-state index in [9.17, 15) is 31.9 Å². The molecule has 0 heterocycles. The first-order valence-corrected chi connectivity index (χ1v) is 6.73. The molecule has 0 bridgehead atoms. The Hall–Kier alpha value is -2.48. The van der Waals surface area contributed by atoms with Crippen molar-refractivity contribution < 1.29 is 31.9 Å². The van der Waals surface area contributed by atoms with E-state index in [0.717, 1.165) is 30.3 Å². The van der Waals surface area contributed by atoms with Gasteiger partial charge in [0.05, 0.1) is 6.54 Å². The molecular formula is C16H12F5NO2. The van der Waals surface area contributed by atoms with Gasteiger partial charge in [0.25, 0.3) is 5.91 Å². The minimum Gasteiger partial charge on any atom is -0.375 e. The highest BCUT2D eigenvalue weighted by Crippen LogP contribution is 2.38. The Morgan fingerprint density at radius 3 is 2.00 bits per heavy atom. The second-order valence-electron chi connectivity index (χ2n) is 5.00. The SMILES string of the molecule is O=C(NC[C@](O)(c1ccccc1)C(F)(F)F)c1c(F)cccc1F. The van der Waals surface area contributed by atoms with Crippen molar-refractivity contribution in [3.63, 3.8) is 0 Å². The molecule has 0 radical (unpaired) electrons. The Morgan fingerprint density at radius 1 is 0.958 bits per heavy atom. The molecule has 0 saturated heterocycles. The summed E-state index contributed by atoms with van der Waals surface area (Å²) in [4.78, 5) is 11.8. The molecule has 3 nitrogen and oxygen atoms in total. The van der Waals surface area contributed by atoms with E-state index < -0.39 is 47.0 Å². The first kappa shape index (κ1) is 17.9. The van der Waals surface area contributed by atoms with Crippen LogP contribution < -0.4 is 5.32 Å². The smallest absolute Gasteiger partial charge is 0.375 e. The van der Waals surface area contributed by atoms with Crippen LogP contribution >= 0.6 is 0 Å². The Bertz CT molecular complexity index is 713. The summed E-state index contributed by atoms with van der Waals surface area (Å²) in [5.74, 6) is -3.84. The van der Waals surface area contributed by atoms with Crippen LogP contribution in [0.2, 0.25) is 0 Å². The predicted molar refractivity (Wildman–Crippen MR) is 75.1 cm³/mol. The van der Waals surface area contributed by atoms with Crippen LogP contribution in [-0.2, 0) is 5.60 Å². The Labute approximate surface area is 133 Å². The number of hydrogen-bond donors (Lipinski definition) is 2. The molecule has 2 aromatic rings. The number of hydrogen-bond acceptors (Lipinski definition) is 2. The summed E-state index contributed by atoms with van der Waals surface area (Å²) in [5, 5.41) is 11.8. The van der Waals surface area contributed by atoms with Gasteiger partial charge < -0.3 is 10.4 Å². The quantitative estimate of drug-likeness (QED) is 0.837. The first-order chi connectivity index (χ1) is 11.2. The number of alkyl halides is 3. The van der Waals surface area contributed by atoms with Crippen LogP contribution in [0, 0.1) is 11.6 Å². The molecule has 0 aromatic heterocycles. The highest BCUT2D eigenvalue weighted by atomic mass is 19.4. The minimum atomic E-state index is -5.12. The van der Waals surface area contributed by atoms with Crippen molar-refractivity contribution in [1.29, 1.82) is 0 Å². The summed E-state index contributed by atoms with van der Waals surface area (Å²) < 4.78 is 66.7. The van der Waals surface area contributed by atoms with Gasteiger partial charge in [-0.1, -0.05) is 36.4 Å². The molecule has 0 aliphatic carbocycles. The lowest BCUT2D eigenvalue weighted by Crippen LogP contribution is -2.51. The number of nitrogens with one attached hydrogen (secondary N) is 1. The maximum absolute atomic E-state index is 13.5. The van der Waals surface area contributed by atoms with Crippen LogP contribution in [0.25, 0.3) is 0 Å². The minimum absolute atomic E-state index is 0.508. The molecule has 1 atom stereocenters. The largest absolute Gasteiger partial charge is 0.423 e. The van der Waals surface area contributed by atoms with E-state index in [1.165, 1.54) is 18.2 Å². The van der Waals surface area contributed by atoms with Crippen molar-refractivity contribution >= 4 is 5.91 Å². The second-order valence-corrected chi connectivity index (χ2v) is 5.00. The molecule has 0 spiro atoms. The van der Waals surface area contributed by atoms with Crippen molar-refractivity contribution in [2.24, 2.45) is 0 Å². The molecule has 24 heavy (non-hydrogen) atoms. The molecule has 0 saturated carbocycles. The average Bonchev–Trinajstić information content (AvgIpc) is 2.52. The van der Waals surface area contributed by atoms with Crippen LogP contribution in [0.5, 0.6) is 0 Å². The fourth-order valence-corrected chi connectivity index (χ4v) is 2.09. The van der Waals surface area contributed by atoms with Gasteiger partial charge in [0, 0.05) is 0 Å². The molecule has 2 aromatic carbocycles. The van der Waals surface area contributed by atoms with E-state index in [0.29, 0.717) is 0 Å². The number of amides is 1.